The van der Waals surface area contributed by atoms with E-state index in [1.807, 2.05) is 34.4 Å². The number of halogens is 2. The van der Waals surface area contributed by atoms with Gasteiger partial charge in [0.1, 0.15) is 28.7 Å². The molecule has 1 atom stereocenters. The lowest BCUT2D eigenvalue weighted by molar-refractivity contribution is -0.130. The molecule has 10 nitrogen and oxygen atoms in total. The van der Waals surface area contributed by atoms with Crippen LogP contribution in [0.4, 0.5) is 20.4 Å². The smallest absolute Gasteiger partial charge is 0.264 e. The van der Waals surface area contributed by atoms with Gasteiger partial charge in [0.15, 0.2) is 0 Å². The Hall–Kier alpha value is -4.71. The molecule has 1 aliphatic rings. The second-order valence-electron chi connectivity index (χ2n) is 10.4. The first-order valence-corrected chi connectivity index (χ1v) is 13.6. The van der Waals surface area contributed by atoms with E-state index in [1.165, 1.54) is 12.3 Å². The molecule has 42 heavy (non-hydrogen) atoms. The molecule has 1 saturated heterocycles. The summed E-state index contributed by atoms with van der Waals surface area (Å²) in [6.07, 6.45) is 8.05. The number of nitrogens with one attached hydrogen (secondary N) is 1. The number of benzene rings is 1. The Bertz CT molecular complexity index is 1620. The van der Waals surface area contributed by atoms with Crippen LogP contribution < -0.4 is 11.1 Å². The third kappa shape index (κ3) is 6.13. The molecule has 1 aliphatic heterocycles. The summed E-state index contributed by atoms with van der Waals surface area (Å²) in [6.45, 7) is 1.29. The van der Waals surface area contributed by atoms with Crippen molar-refractivity contribution in [3.63, 3.8) is 0 Å². The number of alkyl halides is 2. The molecule has 2 amide bonds. The molecule has 0 saturated carbocycles. The number of amides is 2. The Morgan fingerprint density at radius 3 is 2.67 bits per heavy atom. The minimum absolute atomic E-state index is 0.0357. The van der Waals surface area contributed by atoms with Crippen molar-refractivity contribution >= 4 is 29.0 Å². The molecule has 0 spiro atoms. The number of imidazole rings is 1. The number of nitrogen functional groups attached to an aromatic ring is 1. The zero-order valence-corrected chi connectivity index (χ0v) is 23.4. The Kier molecular flexibility index (Phi) is 8.53. The van der Waals surface area contributed by atoms with Crippen LogP contribution in [0.15, 0.2) is 67.1 Å². The fourth-order valence-electron chi connectivity index (χ4n) is 5.07. The van der Waals surface area contributed by atoms with Gasteiger partial charge in [-0.3, -0.25) is 14.0 Å². The summed E-state index contributed by atoms with van der Waals surface area (Å²) in [4.78, 5) is 43.0. The van der Waals surface area contributed by atoms with Crippen molar-refractivity contribution in [2.24, 2.45) is 0 Å². The van der Waals surface area contributed by atoms with Crippen LogP contribution >= 0.6 is 0 Å². The number of carbonyl (C=O) groups is 2. The van der Waals surface area contributed by atoms with E-state index in [2.05, 4.69) is 15.3 Å². The first kappa shape index (κ1) is 28.8. The van der Waals surface area contributed by atoms with E-state index >= 15 is 0 Å². The van der Waals surface area contributed by atoms with Crippen molar-refractivity contribution < 1.29 is 18.4 Å². The van der Waals surface area contributed by atoms with E-state index in [0.717, 1.165) is 25.3 Å². The van der Waals surface area contributed by atoms with Crippen LogP contribution in [0.2, 0.25) is 0 Å². The summed E-state index contributed by atoms with van der Waals surface area (Å²) >= 11 is 0. The minimum atomic E-state index is -2.67. The fraction of sp³-hybridized carbons (Fsp3) is 0.300. The molecular formula is C30H32F2N8O2. The fourth-order valence-corrected chi connectivity index (χ4v) is 5.07. The van der Waals surface area contributed by atoms with Crippen molar-refractivity contribution in [1.29, 1.82) is 0 Å². The predicted molar refractivity (Wildman–Crippen MR) is 156 cm³/mol. The molecule has 1 fully saturated rings. The van der Waals surface area contributed by atoms with Gasteiger partial charge in [-0.15, -0.1) is 0 Å². The van der Waals surface area contributed by atoms with Crippen molar-refractivity contribution in [2.45, 2.75) is 31.7 Å². The van der Waals surface area contributed by atoms with Gasteiger partial charge < -0.3 is 20.9 Å². The van der Waals surface area contributed by atoms with Crippen molar-refractivity contribution in [3.05, 3.63) is 84.1 Å². The number of likely N-dealkylation sites (N-methyl/N-ethyl adjacent to an activating group) is 1. The summed E-state index contributed by atoms with van der Waals surface area (Å²) in [5.74, 6) is 0.461. The number of piperidine rings is 1. The number of rotatable bonds is 8. The second kappa shape index (κ2) is 12.4. The highest BCUT2D eigenvalue weighted by Gasteiger charge is 2.31. The Morgan fingerprint density at radius 1 is 1.14 bits per heavy atom. The highest BCUT2D eigenvalue weighted by molar-refractivity contribution is 6.04. The van der Waals surface area contributed by atoms with Gasteiger partial charge in [-0.2, -0.15) is 0 Å². The lowest BCUT2D eigenvalue weighted by Gasteiger charge is -2.34. The van der Waals surface area contributed by atoms with E-state index in [1.54, 1.807) is 42.7 Å². The minimum Gasteiger partial charge on any atom is -0.382 e. The standard InChI is InChI=1S/C30H32F2N8O2/c1-38(2)15-5-7-24(41)39-16-4-3-6-22(39)29-37-25(26-28(33)35-14-17-40(26)29)19-8-10-20(11-9-19)30(42)36-23-18-21(27(31)32)12-13-34-23/h5,7-14,17-18,22,27H,3-4,6,15-16H2,1-2H3,(H2,33,35)(H,34,36,42)/b7-5+/t22-/m0/s1. The normalized spacial score (nSPS) is 15.7. The van der Waals surface area contributed by atoms with Crippen LogP contribution in [0, 0.1) is 0 Å². The maximum atomic E-state index is 13.2. The number of aromatic nitrogens is 4. The van der Waals surface area contributed by atoms with Crippen LogP contribution in [0.3, 0.4) is 0 Å². The molecule has 218 valence electrons. The summed E-state index contributed by atoms with van der Waals surface area (Å²) in [5.41, 5.74) is 8.30. The molecule has 1 aromatic carbocycles. The van der Waals surface area contributed by atoms with Gasteiger partial charge in [0.05, 0.1) is 6.04 Å². The lowest BCUT2D eigenvalue weighted by Crippen LogP contribution is -2.38. The summed E-state index contributed by atoms with van der Waals surface area (Å²) in [6, 6.07) is 8.80. The largest absolute Gasteiger partial charge is 0.382 e. The number of pyridine rings is 1. The molecule has 12 heteroatoms. The van der Waals surface area contributed by atoms with E-state index in [4.69, 9.17) is 10.7 Å². The molecule has 3 aromatic heterocycles. The van der Waals surface area contributed by atoms with Crippen LogP contribution in [0.5, 0.6) is 0 Å². The number of nitrogens with zero attached hydrogens (tertiary/aromatic N) is 6. The Morgan fingerprint density at radius 2 is 1.93 bits per heavy atom. The molecule has 4 aromatic rings. The highest BCUT2D eigenvalue weighted by Crippen LogP contribution is 2.36. The van der Waals surface area contributed by atoms with Crippen molar-refractivity contribution in [3.8, 4) is 11.3 Å². The number of nitrogens with two attached hydrogens (primary N) is 1. The zero-order valence-electron chi connectivity index (χ0n) is 23.4. The van der Waals surface area contributed by atoms with Crippen LogP contribution in [-0.4, -0.2) is 68.2 Å². The monoisotopic (exact) mass is 574 g/mol. The van der Waals surface area contributed by atoms with Gasteiger partial charge in [0.2, 0.25) is 5.91 Å². The number of carbonyl (C=O) groups excluding carboxylic acids is 2. The molecule has 0 unspecified atom stereocenters. The number of fused-ring (bicyclic) bond motifs is 1. The molecule has 3 N–H and O–H groups in total. The topological polar surface area (TPSA) is 122 Å². The third-order valence-corrected chi connectivity index (χ3v) is 7.12. The van der Waals surface area contributed by atoms with Gasteiger partial charge in [0.25, 0.3) is 12.3 Å². The van der Waals surface area contributed by atoms with E-state index in [-0.39, 0.29) is 29.1 Å². The average molecular weight is 575 g/mol. The molecule has 5 rings (SSSR count). The van der Waals surface area contributed by atoms with Gasteiger partial charge in [-0.1, -0.05) is 18.2 Å². The van der Waals surface area contributed by atoms with Crippen LogP contribution in [-0.2, 0) is 4.79 Å². The highest BCUT2D eigenvalue weighted by atomic mass is 19.3. The van der Waals surface area contributed by atoms with Gasteiger partial charge in [-0.05, 0) is 57.6 Å². The van der Waals surface area contributed by atoms with E-state index < -0.39 is 12.3 Å². The Labute approximate surface area is 241 Å². The summed E-state index contributed by atoms with van der Waals surface area (Å²) in [7, 11) is 3.89. The molecule has 4 heterocycles. The van der Waals surface area contributed by atoms with Crippen molar-refractivity contribution in [2.75, 3.05) is 38.2 Å². The number of likely N-dealkylation sites (tertiary alicyclic amines) is 1. The lowest BCUT2D eigenvalue weighted by atomic mass is 10.0. The number of anilines is 2. The number of hydrogen-bond donors (Lipinski definition) is 2. The quantitative estimate of drug-likeness (QED) is 0.292. The summed E-state index contributed by atoms with van der Waals surface area (Å²) in [5, 5.41) is 2.56. The Balaban J connectivity index is 1.44. The van der Waals surface area contributed by atoms with E-state index in [0.29, 0.717) is 41.3 Å². The zero-order chi connectivity index (χ0) is 29.8. The second-order valence-corrected chi connectivity index (χ2v) is 10.4. The van der Waals surface area contributed by atoms with Gasteiger partial charge >= 0.3 is 0 Å². The maximum Gasteiger partial charge on any atom is 0.264 e. The molecule has 0 bridgehead atoms. The van der Waals surface area contributed by atoms with Crippen molar-refractivity contribution in [1.82, 2.24) is 29.2 Å². The molecule has 0 radical (unpaired) electrons. The van der Waals surface area contributed by atoms with Crippen LogP contribution in [0.25, 0.3) is 16.8 Å². The predicted octanol–water partition coefficient (Wildman–Crippen LogP) is 4.73. The maximum absolute atomic E-state index is 13.2. The van der Waals surface area contributed by atoms with Gasteiger partial charge in [-0.25, -0.2) is 23.7 Å². The molecular weight excluding hydrogens is 542 g/mol. The first-order chi connectivity index (χ1) is 20.2. The van der Waals surface area contributed by atoms with Crippen LogP contribution in [0.1, 0.15) is 53.5 Å². The third-order valence-electron chi connectivity index (χ3n) is 7.12. The first-order valence-electron chi connectivity index (χ1n) is 13.6. The average Bonchev–Trinajstić information content (AvgIpc) is 3.38. The van der Waals surface area contributed by atoms with Gasteiger partial charge in [0, 0.05) is 54.4 Å². The number of hydrogen-bond acceptors (Lipinski definition) is 7. The SMILES string of the molecule is CN(C)C/C=C/C(=O)N1CCCC[C@H]1c1nc(-c2ccc(C(=O)Nc3cc(C(F)F)ccn3)cc2)c2c(N)nccn12. The summed E-state index contributed by atoms with van der Waals surface area (Å²) < 4.78 is 27.9. The van der Waals surface area contributed by atoms with E-state index in [9.17, 15) is 18.4 Å². The molecule has 0 aliphatic carbocycles.